The molecule has 0 aromatic heterocycles. The number of methoxy groups -OCH3 is 1. The van der Waals surface area contributed by atoms with E-state index in [4.69, 9.17) is 11.6 Å². The first-order chi connectivity index (χ1) is 8.17. The summed E-state index contributed by atoms with van der Waals surface area (Å²) in [5, 5.41) is 2.69. The van der Waals surface area contributed by atoms with Crippen molar-refractivity contribution >= 4 is 29.2 Å². The summed E-state index contributed by atoms with van der Waals surface area (Å²) in [6, 6.07) is 6.60. The summed E-state index contributed by atoms with van der Waals surface area (Å²) in [5.41, 5.74) is 0.982. The Hall–Kier alpha value is -1.55. The van der Waals surface area contributed by atoms with Gasteiger partial charge in [-0.15, -0.1) is 11.6 Å². The minimum atomic E-state index is -0.429. The van der Waals surface area contributed by atoms with Crippen LogP contribution in [0, 0.1) is 0 Å². The Morgan fingerprint density at radius 1 is 1.41 bits per heavy atom. The Labute approximate surface area is 105 Å². The predicted octanol–water partition coefficient (Wildman–Crippen LogP) is 2.43. The van der Waals surface area contributed by atoms with Crippen LogP contribution in [0.15, 0.2) is 24.3 Å². The predicted molar refractivity (Wildman–Crippen MR) is 66.4 cm³/mol. The third kappa shape index (κ3) is 4.44. The maximum Gasteiger partial charge on any atom is 0.337 e. The number of rotatable bonds is 5. The van der Waals surface area contributed by atoms with Gasteiger partial charge in [-0.05, 0) is 24.6 Å². The maximum atomic E-state index is 11.4. The van der Waals surface area contributed by atoms with E-state index < -0.39 is 5.97 Å². The number of anilines is 1. The van der Waals surface area contributed by atoms with Crippen molar-refractivity contribution in [3.05, 3.63) is 29.8 Å². The van der Waals surface area contributed by atoms with Crippen molar-refractivity contribution in [3.63, 3.8) is 0 Å². The van der Waals surface area contributed by atoms with Crippen molar-refractivity contribution in [1.29, 1.82) is 0 Å². The summed E-state index contributed by atoms with van der Waals surface area (Å²) in [4.78, 5) is 22.7. The second-order valence-corrected chi connectivity index (χ2v) is 3.79. The molecule has 0 aliphatic heterocycles. The summed E-state index contributed by atoms with van der Waals surface area (Å²) < 4.78 is 4.59. The molecule has 1 aromatic rings. The number of halogens is 1. The smallest absolute Gasteiger partial charge is 0.337 e. The zero-order valence-corrected chi connectivity index (χ0v) is 10.3. The number of carbonyl (C=O) groups excluding carboxylic acids is 2. The van der Waals surface area contributed by atoms with Gasteiger partial charge in [-0.2, -0.15) is 0 Å². The average Bonchev–Trinajstić information content (AvgIpc) is 2.35. The van der Waals surface area contributed by atoms with Crippen molar-refractivity contribution in [1.82, 2.24) is 0 Å². The van der Waals surface area contributed by atoms with Gasteiger partial charge in [0.2, 0.25) is 5.91 Å². The van der Waals surface area contributed by atoms with Crippen molar-refractivity contribution in [3.8, 4) is 0 Å². The second-order valence-electron chi connectivity index (χ2n) is 3.41. The normalized spacial score (nSPS) is 9.76. The molecule has 4 nitrogen and oxygen atoms in total. The fourth-order valence-electron chi connectivity index (χ4n) is 1.29. The first-order valence-electron chi connectivity index (χ1n) is 5.21. The van der Waals surface area contributed by atoms with Crippen LogP contribution in [-0.2, 0) is 9.53 Å². The van der Waals surface area contributed by atoms with Crippen LogP contribution in [0.25, 0.3) is 0 Å². The summed E-state index contributed by atoms with van der Waals surface area (Å²) in [5.74, 6) is -0.0927. The minimum absolute atomic E-state index is 0.118. The van der Waals surface area contributed by atoms with E-state index in [9.17, 15) is 9.59 Å². The number of hydrogen-bond donors (Lipinski definition) is 1. The van der Waals surface area contributed by atoms with Crippen molar-refractivity contribution in [2.45, 2.75) is 12.8 Å². The van der Waals surface area contributed by atoms with E-state index >= 15 is 0 Å². The number of esters is 1. The van der Waals surface area contributed by atoms with Crippen LogP contribution in [0.3, 0.4) is 0 Å². The Morgan fingerprint density at radius 2 is 2.18 bits per heavy atom. The molecule has 1 rings (SSSR count). The number of carbonyl (C=O) groups is 2. The molecule has 0 saturated heterocycles. The molecular weight excluding hydrogens is 242 g/mol. The second kappa shape index (κ2) is 6.91. The van der Waals surface area contributed by atoms with Gasteiger partial charge in [0.25, 0.3) is 0 Å². The van der Waals surface area contributed by atoms with Gasteiger partial charge < -0.3 is 10.1 Å². The lowest BCUT2D eigenvalue weighted by molar-refractivity contribution is -0.116. The summed E-state index contributed by atoms with van der Waals surface area (Å²) >= 11 is 5.49. The molecule has 0 aliphatic carbocycles. The molecule has 0 bridgehead atoms. The highest BCUT2D eigenvalue weighted by molar-refractivity contribution is 6.18. The van der Waals surface area contributed by atoms with Gasteiger partial charge in [0.1, 0.15) is 0 Å². The lowest BCUT2D eigenvalue weighted by Crippen LogP contribution is -2.12. The Balaban J connectivity index is 2.65. The van der Waals surface area contributed by atoms with Crippen LogP contribution in [-0.4, -0.2) is 24.9 Å². The standard InChI is InChI=1S/C12H14ClNO3/c1-17-12(16)9-4-2-5-10(8-9)14-11(15)6-3-7-13/h2,4-5,8H,3,6-7H2,1H3,(H,14,15). The quantitative estimate of drug-likeness (QED) is 0.649. The van der Waals surface area contributed by atoms with E-state index in [1.807, 2.05) is 0 Å². The van der Waals surface area contributed by atoms with Gasteiger partial charge in [0, 0.05) is 18.0 Å². The first-order valence-corrected chi connectivity index (χ1v) is 5.75. The molecule has 17 heavy (non-hydrogen) atoms. The summed E-state index contributed by atoms with van der Waals surface area (Å²) in [6.45, 7) is 0. The van der Waals surface area contributed by atoms with Gasteiger partial charge in [0.15, 0.2) is 0 Å². The van der Waals surface area contributed by atoms with Crippen LogP contribution < -0.4 is 5.32 Å². The van der Waals surface area contributed by atoms with E-state index in [0.717, 1.165) is 0 Å². The van der Waals surface area contributed by atoms with Crippen molar-refractivity contribution in [2.75, 3.05) is 18.3 Å². The molecule has 92 valence electrons. The largest absolute Gasteiger partial charge is 0.465 e. The minimum Gasteiger partial charge on any atom is -0.465 e. The molecule has 1 aromatic carbocycles. The fourth-order valence-corrected chi connectivity index (χ4v) is 1.43. The third-order valence-corrected chi connectivity index (χ3v) is 2.37. The molecule has 0 unspecified atom stereocenters. The SMILES string of the molecule is COC(=O)c1cccc(NC(=O)CCCCl)c1. The van der Waals surface area contributed by atoms with Gasteiger partial charge in [-0.3, -0.25) is 4.79 Å². The van der Waals surface area contributed by atoms with Crippen molar-refractivity contribution < 1.29 is 14.3 Å². The third-order valence-electron chi connectivity index (χ3n) is 2.10. The summed E-state index contributed by atoms with van der Waals surface area (Å²) in [7, 11) is 1.31. The van der Waals surface area contributed by atoms with Crippen LogP contribution >= 0.6 is 11.6 Å². The topological polar surface area (TPSA) is 55.4 Å². The molecule has 1 N–H and O–H groups in total. The number of alkyl halides is 1. The molecule has 0 radical (unpaired) electrons. The maximum absolute atomic E-state index is 11.4. The molecule has 0 saturated carbocycles. The molecule has 5 heteroatoms. The Morgan fingerprint density at radius 3 is 2.82 bits per heavy atom. The molecule has 0 fully saturated rings. The van der Waals surface area contributed by atoms with Gasteiger partial charge >= 0.3 is 5.97 Å². The monoisotopic (exact) mass is 255 g/mol. The number of nitrogens with one attached hydrogen (secondary N) is 1. The lowest BCUT2D eigenvalue weighted by Gasteiger charge is -2.06. The number of amides is 1. The highest BCUT2D eigenvalue weighted by Crippen LogP contribution is 2.12. The summed E-state index contributed by atoms with van der Waals surface area (Å²) in [6.07, 6.45) is 0.996. The van der Waals surface area contributed by atoms with Crippen molar-refractivity contribution in [2.24, 2.45) is 0 Å². The first kappa shape index (κ1) is 13.5. The van der Waals surface area contributed by atoms with E-state index in [0.29, 0.717) is 30.0 Å². The highest BCUT2D eigenvalue weighted by Gasteiger charge is 2.07. The molecule has 0 spiro atoms. The van der Waals surface area contributed by atoms with E-state index in [1.165, 1.54) is 7.11 Å². The van der Waals surface area contributed by atoms with Crippen LogP contribution in [0.2, 0.25) is 0 Å². The molecule has 0 aliphatic rings. The van der Waals surface area contributed by atoms with Gasteiger partial charge in [0.05, 0.1) is 12.7 Å². The molecular formula is C12H14ClNO3. The number of benzene rings is 1. The average molecular weight is 256 g/mol. The Kier molecular flexibility index (Phi) is 5.49. The molecule has 0 atom stereocenters. The van der Waals surface area contributed by atoms with Gasteiger partial charge in [-0.25, -0.2) is 4.79 Å². The van der Waals surface area contributed by atoms with E-state index in [-0.39, 0.29) is 5.91 Å². The lowest BCUT2D eigenvalue weighted by atomic mass is 10.2. The van der Waals surface area contributed by atoms with E-state index in [2.05, 4.69) is 10.1 Å². The van der Waals surface area contributed by atoms with Crippen LogP contribution in [0.5, 0.6) is 0 Å². The highest BCUT2D eigenvalue weighted by atomic mass is 35.5. The fraction of sp³-hybridized carbons (Fsp3) is 0.333. The van der Waals surface area contributed by atoms with Gasteiger partial charge in [-0.1, -0.05) is 6.07 Å². The number of ether oxygens (including phenoxy) is 1. The zero-order chi connectivity index (χ0) is 12.7. The number of hydrogen-bond acceptors (Lipinski definition) is 3. The zero-order valence-electron chi connectivity index (χ0n) is 9.53. The van der Waals surface area contributed by atoms with E-state index in [1.54, 1.807) is 24.3 Å². The molecule has 1 amide bonds. The Bertz CT molecular complexity index is 406. The molecule has 0 heterocycles. The van der Waals surface area contributed by atoms with Crippen LogP contribution in [0.1, 0.15) is 23.2 Å². The van der Waals surface area contributed by atoms with Crippen LogP contribution in [0.4, 0.5) is 5.69 Å².